The minimum Gasteiger partial charge on any atom is -0.469 e. The van der Waals surface area contributed by atoms with Crippen LogP contribution in [0.3, 0.4) is 0 Å². The van der Waals surface area contributed by atoms with Gasteiger partial charge in [-0.3, -0.25) is 14.4 Å². The third-order valence-electron chi connectivity index (χ3n) is 8.68. The van der Waals surface area contributed by atoms with Crippen molar-refractivity contribution in [2.45, 2.75) is 51.3 Å². The third-order valence-corrected chi connectivity index (χ3v) is 8.94. The van der Waals surface area contributed by atoms with Crippen LogP contribution in [0.5, 0.6) is 0 Å². The van der Waals surface area contributed by atoms with E-state index in [4.69, 9.17) is 16.3 Å². The summed E-state index contributed by atoms with van der Waals surface area (Å²) in [7, 11) is 1.28. The fraction of sp³-hybridized carbons (Fsp3) is 0.696. The second-order valence-electron chi connectivity index (χ2n) is 9.80. The first kappa shape index (κ1) is 21.7. The molecule has 0 amide bonds. The molecule has 0 bridgehead atoms. The highest BCUT2D eigenvalue weighted by molar-refractivity contribution is 6.28. The van der Waals surface area contributed by atoms with Crippen LogP contribution in [0.4, 0.5) is 4.39 Å². The van der Waals surface area contributed by atoms with Crippen LogP contribution >= 0.6 is 11.6 Å². The molecule has 8 atom stereocenters. The molecular formula is C23H28ClFO5. The van der Waals surface area contributed by atoms with Gasteiger partial charge in [0.15, 0.2) is 17.2 Å². The molecule has 164 valence electrons. The predicted octanol–water partition coefficient (Wildman–Crippen LogP) is 3.18. The number of carbonyl (C=O) groups excluding carboxylic acids is 3. The molecule has 0 aliphatic heterocycles. The summed E-state index contributed by atoms with van der Waals surface area (Å²) >= 11 is 5.88. The number of aliphatic hydroxyl groups excluding tert-OH is 1. The first-order valence-corrected chi connectivity index (χ1v) is 11.1. The quantitative estimate of drug-likeness (QED) is 0.540. The van der Waals surface area contributed by atoms with Crippen molar-refractivity contribution in [2.75, 3.05) is 13.0 Å². The minimum absolute atomic E-state index is 0.0517. The van der Waals surface area contributed by atoms with Gasteiger partial charge >= 0.3 is 5.97 Å². The summed E-state index contributed by atoms with van der Waals surface area (Å²) in [4.78, 5) is 37.2. The van der Waals surface area contributed by atoms with Gasteiger partial charge < -0.3 is 9.84 Å². The lowest BCUT2D eigenvalue weighted by Crippen LogP contribution is -2.66. The van der Waals surface area contributed by atoms with Crippen molar-refractivity contribution in [3.05, 3.63) is 23.8 Å². The molecule has 3 fully saturated rings. The van der Waals surface area contributed by atoms with Crippen LogP contribution in [0.15, 0.2) is 23.8 Å². The average molecular weight is 439 g/mol. The summed E-state index contributed by atoms with van der Waals surface area (Å²) in [5, 5.41) is 11.2. The Kier molecular flexibility index (Phi) is 5.06. The number of hydrogen-bond donors (Lipinski definition) is 1. The molecule has 0 unspecified atom stereocenters. The second kappa shape index (κ2) is 6.99. The van der Waals surface area contributed by atoms with Crippen LogP contribution in [0, 0.1) is 34.5 Å². The summed E-state index contributed by atoms with van der Waals surface area (Å²) < 4.78 is 22.0. The Hall–Kier alpha value is -1.53. The van der Waals surface area contributed by atoms with Crippen molar-refractivity contribution >= 4 is 29.1 Å². The Morgan fingerprint density at radius 3 is 2.67 bits per heavy atom. The van der Waals surface area contributed by atoms with Crippen molar-refractivity contribution in [3.8, 4) is 0 Å². The summed E-state index contributed by atoms with van der Waals surface area (Å²) in [6.45, 7) is 3.63. The lowest BCUT2D eigenvalue weighted by atomic mass is 9.45. The van der Waals surface area contributed by atoms with Crippen LogP contribution in [0.2, 0.25) is 0 Å². The fourth-order valence-electron chi connectivity index (χ4n) is 7.32. The SMILES string of the molecule is COC(=O)[C@@H]1C[C@H]2[C@@H]3CCC4=CC(=O)C=C[C@]4(C)[C@@]3(F)[C@@H](O)C[C@]2(C)[C@H]1C(=O)CCl. The van der Waals surface area contributed by atoms with Gasteiger partial charge in [-0.1, -0.05) is 18.6 Å². The van der Waals surface area contributed by atoms with Crippen molar-refractivity contribution in [3.63, 3.8) is 0 Å². The smallest absolute Gasteiger partial charge is 0.309 e. The van der Waals surface area contributed by atoms with Gasteiger partial charge in [-0.15, -0.1) is 11.6 Å². The van der Waals surface area contributed by atoms with E-state index in [1.165, 1.54) is 19.3 Å². The van der Waals surface area contributed by atoms with Gasteiger partial charge in [-0.25, -0.2) is 4.39 Å². The predicted molar refractivity (Wildman–Crippen MR) is 108 cm³/mol. The van der Waals surface area contributed by atoms with Gasteiger partial charge in [0.05, 0.1) is 25.0 Å². The molecule has 0 aromatic carbocycles. The van der Waals surface area contributed by atoms with E-state index in [0.717, 1.165) is 0 Å². The van der Waals surface area contributed by atoms with Crippen LogP contribution in [-0.2, 0) is 19.1 Å². The zero-order chi connectivity index (χ0) is 22.1. The summed E-state index contributed by atoms with van der Waals surface area (Å²) in [6.07, 6.45) is 4.50. The Morgan fingerprint density at radius 2 is 2.03 bits per heavy atom. The lowest BCUT2D eigenvalue weighted by molar-refractivity contribution is -0.195. The van der Waals surface area contributed by atoms with E-state index in [-0.39, 0.29) is 29.8 Å². The number of Topliss-reactive ketones (excluding diaryl/α,β-unsaturated/α-hetero) is 1. The average Bonchev–Trinajstić information content (AvgIpc) is 3.01. The van der Waals surface area contributed by atoms with E-state index in [2.05, 4.69) is 0 Å². The summed E-state index contributed by atoms with van der Waals surface area (Å²) in [5.74, 6) is -3.39. The van der Waals surface area contributed by atoms with Crippen molar-refractivity contribution in [2.24, 2.45) is 34.5 Å². The number of ether oxygens (including phenoxy) is 1. The van der Waals surface area contributed by atoms with E-state index in [0.29, 0.717) is 24.8 Å². The van der Waals surface area contributed by atoms with E-state index in [9.17, 15) is 19.5 Å². The first-order valence-electron chi connectivity index (χ1n) is 10.5. The van der Waals surface area contributed by atoms with Gasteiger partial charge in [0.1, 0.15) is 0 Å². The van der Waals surface area contributed by atoms with Crippen LogP contribution in [-0.4, -0.2) is 47.4 Å². The van der Waals surface area contributed by atoms with Crippen LogP contribution in [0.1, 0.15) is 39.5 Å². The second-order valence-corrected chi connectivity index (χ2v) is 10.1. The fourth-order valence-corrected chi connectivity index (χ4v) is 7.49. The maximum absolute atomic E-state index is 17.0. The Morgan fingerprint density at radius 1 is 1.33 bits per heavy atom. The molecule has 0 saturated heterocycles. The van der Waals surface area contributed by atoms with Gasteiger partial charge in [-0.2, -0.15) is 0 Å². The molecule has 3 saturated carbocycles. The van der Waals surface area contributed by atoms with Crippen molar-refractivity contribution < 1.29 is 28.6 Å². The van der Waals surface area contributed by atoms with E-state index < -0.39 is 46.3 Å². The minimum atomic E-state index is -1.99. The number of halogens is 2. The van der Waals surface area contributed by atoms with E-state index in [1.54, 1.807) is 13.0 Å². The number of fused-ring (bicyclic) bond motifs is 5. The zero-order valence-corrected chi connectivity index (χ0v) is 18.2. The molecule has 4 rings (SSSR count). The number of rotatable bonds is 3. The molecule has 4 aliphatic carbocycles. The largest absolute Gasteiger partial charge is 0.469 e. The number of carbonyl (C=O) groups is 3. The Labute approximate surface area is 180 Å². The van der Waals surface area contributed by atoms with Crippen LogP contribution < -0.4 is 0 Å². The molecule has 1 N–H and O–H groups in total. The maximum Gasteiger partial charge on any atom is 0.309 e. The molecule has 0 heterocycles. The highest BCUT2D eigenvalue weighted by Gasteiger charge is 2.72. The maximum atomic E-state index is 17.0. The number of aliphatic hydroxyl groups is 1. The number of ketones is 2. The molecular weight excluding hydrogens is 411 g/mol. The van der Waals surface area contributed by atoms with Crippen LogP contribution in [0.25, 0.3) is 0 Å². The highest BCUT2D eigenvalue weighted by atomic mass is 35.5. The monoisotopic (exact) mass is 438 g/mol. The number of hydrogen-bond acceptors (Lipinski definition) is 5. The summed E-state index contributed by atoms with van der Waals surface area (Å²) in [5.41, 5.74) is -3.14. The van der Waals surface area contributed by atoms with Gasteiger partial charge in [0.25, 0.3) is 0 Å². The molecule has 30 heavy (non-hydrogen) atoms. The summed E-state index contributed by atoms with van der Waals surface area (Å²) in [6, 6.07) is 0. The first-order chi connectivity index (χ1) is 14.0. The Bertz CT molecular complexity index is 868. The molecule has 5 nitrogen and oxygen atoms in total. The topological polar surface area (TPSA) is 80.7 Å². The van der Waals surface area contributed by atoms with Gasteiger partial charge in [0, 0.05) is 17.3 Å². The standard InChI is InChI=1S/C23H28ClFO5/c1-21-10-18(28)23(25)15(5-4-12-8-13(26)6-7-22(12,23)2)16(21)9-14(20(29)30-3)19(21)17(27)11-24/h6-8,14-16,18-19,28H,4-5,9-11H2,1-3H3/t14-,15+,16+,18+,19-,21+,22+,23+/m1/s1. The third kappa shape index (κ3) is 2.59. The van der Waals surface area contributed by atoms with Gasteiger partial charge in [-0.05, 0) is 56.1 Å². The molecule has 7 heteroatoms. The molecule has 0 aromatic rings. The molecule has 0 aromatic heterocycles. The normalized spacial score (nSPS) is 47.1. The lowest BCUT2D eigenvalue weighted by Gasteiger charge is -2.61. The van der Waals surface area contributed by atoms with Crippen molar-refractivity contribution in [1.29, 1.82) is 0 Å². The Balaban J connectivity index is 1.82. The van der Waals surface area contributed by atoms with E-state index in [1.807, 2.05) is 6.92 Å². The molecule has 0 radical (unpaired) electrons. The zero-order valence-electron chi connectivity index (χ0n) is 17.5. The van der Waals surface area contributed by atoms with Crippen molar-refractivity contribution in [1.82, 2.24) is 0 Å². The van der Waals surface area contributed by atoms with E-state index >= 15 is 4.39 Å². The molecule has 4 aliphatic rings. The number of allylic oxidation sites excluding steroid dienone is 4. The number of alkyl halides is 2. The highest BCUT2D eigenvalue weighted by Crippen LogP contribution is 2.69. The number of methoxy groups -OCH3 is 1. The number of esters is 1. The van der Waals surface area contributed by atoms with Gasteiger partial charge in [0.2, 0.25) is 0 Å². The molecule has 0 spiro atoms.